The molecule has 1 aliphatic rings. The minimum absolute atomic E-state index is 0.0763. The van der Waals surface area contributed by atoms with Crippen LogP contribution >= 0.6 is 11.6 Å². The smallest absolute Gasteiger partial charge is 0.227 e. The third-order valence-electron chi connectivity index (χ3n) is 4.65. The molecule has 0 spiro atoms. The van der Waals surface area contributed by atoms with E-state index in [4.69, 9.17) is 21.1 Å². The van der Waals surface area contributed by atoms with Gasteiger partial charge in [-0.15, -0.1) is 0 Å². The second kappa shape index (κ2) is 8.97. The van der Waals surface area contributed by atoms with Gasteiger partial charge in [0.25, 0.3) is 0 Å². The standard InChI is InChI=1S/C21H23ClN2O4/c1-27-16-10-14(11-17(13-16)28-2)5-8-20(25)23-15-6-7-19(18(22)12-15)24-9-3-4-21(24)26/h6-7,10-13H,3-5,8-9H2,1-2H3,(H,23,25). The van der Waals surface area contributed by atoms with Gasteiger partial charge in [-0.25, -0.2) is 0 Å². The van der Waals surface area contributed by atoms with Gasteiger partial charge in [0.05, 0.1) is 24.9 Å². The molecule has 1 aliphatic heterocycles. The Kier molecular flexibility index (Phi) is 6.41. The maximum Gasteiger partial charge on any atom is 0.227 e. The summed E-state index contributed by atoms with van der Waals surface area (Å²) in [6.45, 7) is 0.675. The summed E-state index contributed by atoms with van der Waals surface area (Å²) < 4.78 is 10.5. The van der Waals surface area contributed by atoms with E-state index in [0.29, 0.717) is 53.7 Å². The molecule has 28 heavy (non-hydrogen) atoms. The molecule has 0 saturated carbocycles. The molecule has 7 heteroatoms. The van der Waals surface area contributed by atoms with Crippen molar-refractivity contribution >= 4 is 34.8 Å². The van der Waals surface area contributed by atoms with Gasteiger partial charge < -0.3 is 19.7 Å². The van der Waals surface area contributed by atoms with E-state index < -0.39 is 0 Å². The quantitative estimate of drug-likeness (QED) is 0.758. The zero-order valence-corrected chi connectivity index (χ0v) is 16.7. The first kappa shape index (κ1) is 20.0. The van der Waals surface area contributed by atoms with Crippen molar-refractivity contribution in [1.29, 1.82) is 0 Å². The van der Waals surface area contributed by atoms with Crippen molar-refractivity contribution in [1.82, 2.24) is 0 Å². The lowest BCUT2D eigenvalue weighted by atomic mass is 10.1. The molecular formula is C21H23ClN2O4. The van der Waals surface area contributed by atoms with Crippen LogP contribution in [0.4, 0.5) is 11.4 Å². The number of rotatable bonds is 7. The molecule has 0 unspecified atom stereocenters. The number of hydrogen-bond acceptors (Lipinski definition) is 4. The molecule has 0 aromatic heterocycles. The van der Waals surface area contributed by atoms with Crippen molar-refractivity contribution in [3.63, 3.8) is 0 Å². The number of ether oxygens (including phenoxy) is 2. The van der Waals surface area contributed by atoms with E-state index in [0.717, 1.165) is 12.0 Å². The highest BCUT2D eigenvalue weighted by atomic mass is 35.5. The van der Waals surface area contributed by atoms with Gasteiger partial charge in [-0.05, 0) is 48.7 Å². The van der Waals surface area contributed by atoms with Crippen molar-refractivity contribution in [3.8, 4) is 11.5 Å². The van der Waals surface area contributed by atoms with Crippen LogP contribution in [0.3, 0.4) is 0 Å². The Bertz CT molecular complexity index is 862. The Balaban J connectivity index is 1.61. The van der Waals surface area contributed by atoms with Gasteiger partial charge >= 0.3 is 0 Å². The van der Waals surface area contributed by atoms with Crippen LogP contribution in [0.1, 0.15) is 24.8 Å². The van der Waals surface area contributed by atoms with Crippen LogP contribution in [-0.4, -0.2) is 32.6 Å². The van der Waals surface area contributed by atoms with Crippen molar-refractivity contribution in [2.24, 2.45) is 0 Å². The topological polar surface area (TPSA) is 67.9 Å². The number of carbonyl (C=O) groups is 2. The molecule has 0 atom stereocenters. The Labute approximate surface area is 169 Å². The molecule has 2 aromatic rings. The molecule has 0 radical (unpaired) electrons. The van der Waals surface area contributed by atoms with E-state index in [1.54, 1.807) is 43.4 Å². The average Bonchev–Trinajstić information content (AvgIpc) is 3.11. The van der Waals surface area contributed by atoms with Crippen LogP contribution in [0.5, 0.6) is 11.5 Å². The van der Waals surface area contributed by atoms with Crippen LogP contribution in [0.15, 0.2) is 36.4 Å². The number of anilines is 2. The highest BCUT2D eigenvalue weighted by Crippen LogP contribution is 2.31. The summed E-state index contributed by atoms with van der Waals surface area (Å²) >= 11 is 6.32. The van der Waals surface area contributed by atoms with Crippen molar-refractivity contribution in [3.05, 3.63) is 47.0 Å². The fourth-order valence-electron chi connectivity index (χ4n) is 3.20. The number of carbonyl (C=O) groups excluding carboxylic acids is 2. The van der Waals surface area contributed by atoms with E-state index >= 15 is 0 Å². The molecular weight excluding hydrogens is 380 g/mol. The summed E-state index contributed by atoms with van der Waals surface area (Å²) in [7, 11) is 3.18. The number of aryl methyl sites for hydroxylation is 1. The molecule has 2 amide bonds. The van der Waals surface area contributed by atoms with E-state index in [1.165, 1.54) is 0 Å². The van der Waals surface area contributed by atoms with Gasteiger partial charge in [0.1, 0.15) is 11.5 Å². The summed E-state index contributed by atoms with van der Waals surface area (Å²) in [6.07, 6.45) is 2.24. The lowest BCUT2D eigenvalue weighted by molar-refractivity contribution is -0.117. The first-order valence-electron chi connectivity index (χ1n) is 9.12. The SMILES string of the molecule is COc1cc(CCC(=O)Nc2ccc(N3CCCC3=O)c(Cl)c2)cc(OC)c1. The minimum Gasteiger partial charge on any atom is -0.497 e. The fourth-order valence-corrected chi connectivity index (χ4v) is 3.48. The van der Waals surface area contributed by atoms with Gasteiger partial charge in [0, 0.05) is 31.1 Å². The molecule has 148 valence electrons. The monoisotopic (exact) mass is 402 g/mol. The molecule has 6 nitrogen and oxygen atoms in total. The Morgan fingerprint density at radius 3 is 2.43 bits per heavy atom. The zero-order valence-electron chi connectivity index (χ0n) is 16.0. The summed E-state index contributed by atoms with van der Waals surface area (Å²) in [5, 5.41) is 3.30. The fraction of sp³-hybridized carbons (Fsp3) is 0.333. The molecule has 1 N–H and O–H groups in total. The zero-order chi connectivity index (χ0) is 20.1. The average molecular weight is 403 g/mol. The predicted octanol–water partition coefficient (Wildman–Crippen LogP) is 4.06. The van der Waals surface area contributed by atoms with Crippen molar-refractivity contribution < 1.29 is 19.1 Å². The van der Waals surface area contributed by atoms with Gasteiger partial charge in [0.15, 0.2) is 0 Å². The van der Waals surface area contributed by atoms with E-state index in [-0.39, 0.29) is 11.8 Å². The van der Waals surface area contributed by atoms with Crippen LogP contribution in [0.2, 0.25) is 5.02 Å². The second-order valence-corrected chi connectivity index (χ2v) is 6.99. The third kappa shape index (κ3) is 4.75. The minimum atomic E-state index is -0.122. The van der Waals surface area contributed by atoms with E-state index in [1.807, 2.05) is 12.1 Å². The van der Waals surface area contributed by atoms with Crippen molar-refractivity contribution in [2.45, 2.75) is 25.7 Å². The summed E-state index contributed by atoms with van der Waals surface area (Å²) in [5.41, 5.74) is 2.24. The Morgan fingerprint density at radius 1 is 1.14 bits per heavy atom. The Morgan fingerprint density at radius 2 is 1.86 bits per heavy atom. The van der Waals surface area contributed by atoms with Crippen LogP contribution in [-0.2, 0) is 16.0 Å². The lowest BCUT2D eigenvalue weighted by Gasteiger charge is -2.18. The van der Waals surface area contributed by atoms with Crippen LogP contribution < -0.4 is 19.7 Å². The molecule has 3 rings (SSSR count). The number of nitrogens with zero attached hydrogens (tertiary/aromatic N) is 1. The maximum atomic E-state index is 12.3. The number of nitrogens with one attached hydrogen (secondary N) is 1. The highest BCUT2D eigenvalue weighted by molar-refractivity contribution is 6.34. The molecule has 2 aromatic carbocycles. The lowest BCUT2D eigenvalue weighted by Crippen LogP contribution is -2.24. The first-order valence-corrected chi connectivity index (χ1v) is 9.49. The maximum absolute atomic E-state index is 12.3. The van der Waals surface area contributed by atoms with Gasteiger partial charge in [0.2, 0.25) is 11.8 Å². The molecule has 0 aliphatic carbocycles. The number of benzene rings is 2. The predicted molar refractivity (Wildman–Crippen MR) is 110 cm³/mol. The van der Waals surface area contributed by atoms with E-state index in [9.17, 15) is 9.59 Å². The van der Waals surface area contributed by atoms with Crippen LogP contribution in [0.25, 0.3) is 0 Å². The number of halogens is 1. The van der Waals surface area contributed by atoms with Gasteiger partial charge in [-0.1, -0.05) is 11.6 Å². The Hall–Kier alpha value is -2.73. The molecule has 1 saturated heterocycles. The summed E-state index contributed by atoms with van der Waals surface area (Å²) in [6, 6.07) is 10.8. The first-order chi connectivity index (χ1) is 13.5. The second-order valence-electron chi connectivity index (χ2n) is 6.58. The molecule has 1 heterocycles. The van der Waals surface area contributed by atoms with Crippen molar-refractivity contribution in [2.75, 3.05) is 31.0 Å². The van der Waals surface area contributed by atoms with Gasteiger partial charge in [-0.3, -0.25) is 9.59 Å². The number of hydrogen-bond donors (Lipinski definition) is 1. The third-order valence-corrected chi connectivity index (χ3v) is 4.95. The van der Waals surface area contributed by atoms with Gasteiger partial charge in [-0.2, -0.15) is 0 Å². The summed E-state index contributed by atoms with van der Waals surface area (Å²) in [5.74, 6) is 1.33. The number of methoxy groups -OCH3 is 2. The normalized spacial score (nSPS) is 13.5. The largest absolute Gasteiger partial charge is 0.497 e. The van der Waals surface area contributed by atoms with Crippen LogP contribution in [0, 0.1) is 0 Å². The van der Waals surface area contributed by atoms with E-state index in [2.05, 4.69) is 5.32 Å². The number of amides is 2. The summed E-state index contributed by atoms with van der Waals surface area (Å²) in [4.78, 5) is 25.9. The molecule has 0 bridgehead atoms. The highest BCUT2D eigenvalue weighted by Gasteiger charge is 2.23. The molecule has 1 fully saturated rings.